The quantitative estimate of drug-likeness (QED) is 0.930. The molecule has 0 spiro atoms. The van der Waals surface area contributed by atoms with Crippen molar-refractivity contribution in [3.63, 3.8) is 0 Å². The molecule has 0 saturated carbocycles. The van der Waals surface area contributed by atoms with Gasteiger partial charge in [0, 0.05) is 13.1 Å². The van der Waals surface area contributed by atoms with E-state index in [4.69, 9.17) is 0 Å². The van der Waals surface area contributed by atoms with Gasteiger partial charge in [0.2, 0.25) is 5.91 Å². The van der Waals surface area contributed by atoms with Crippen LogP contribution in [0, 0.1) is 0 Å². The summed E-state index contributed by atoms with van der Waals surface area (Å²) in [4.78, 5) is 15.2. The van der Waals surface area contributed by atoms with Crippen molar-refractivity contribution in [2.24, 2.45) is 0 Å². The van der Waals surface area contributed by atoms with E-state index >= 15 is 0 Å². The fraction of sp³-hybridized carbons (Fsp3) is 0.409. The van der Waals surface area contributed by atoms with E-state index in [0.717, 1.165) is 38.8 Å². The van der Waals surface area contributed by atoms with Crippen LogP contribution in [0.5, 0.6) is 0 Å². The molecule has 0 fully saturated rings. The van der Waals surface area contributed by atoms with Gasteiger partial charge in [-0.15, -0.1) is 0 Å². The molecular formula is C22H26N2O. The van der Waals surface area contributed by atoms with Crippen LogP contribution < -0.4 is 5.32 Å². The standard InChI is InChI=1S/C22H26N2O/c1-16(24-14-13-17-7-2-3-9-19(17)15-24)22(25)23-21-12-6-10-18-8-4-5-11-20(18)21/h2-5,7-9,11,16,21H,6,10,12-15H2,1H3,(H,23,25)/t16-,21-/m1/s1. The second-order valence-corrected chi connectivity index (χ2v) is 7.32. The third-order valence-corrected chi connectivity index (χ3v) is 5.77. The summed E-state index contributed by atoms with van der Waals surface area (Å²) >= 11 is 0. The highest BCUT2D eigenvalue weighted by atomic mass is 16.2. The number of fused-ring (bicyclic) bond motifs is 2. The second kappa shape index (κ2) is 7.01. The van der Waals surface area contributed by atoms with Crippen LogP contribution in [-0.2, 0) is 24.2 Å². The number of hydrogen-bond donors (Lipinski definition) is 1. The van der Waals surface area contributed by atoms with Crippen LogP contribution in [0.25, 0.3) is 0 Å². The van der Waals surface area contributed by atoms with E-state index < -0.39 is 0 Å². The summed E-state index contributed by atoms with van der Waals surface area (Å²) in [7, 11) is 0. The maximum Gasteiger partial charge on any atom is 0.237 e. The molecule has 3 nitrogen and oxygen atoms in total. The first kappa shape index (κ1) is 16.3. The Labute approximate surface area is 150 Å². The third kappa shape index (κ3) is 3.34. The van der Waals surface area contributed by atoms with E-state index in [2.05, 4.69) is 58.7 Å². The van der Waals surface area contributed by atoms with Gasteiger partial charge in [0.25, 0.3) is 0 Å². The number of aryl methyl sites for hydroxylation is 1. The number of amides is 1. The summed E-state index contributed by atoms with van der Waals surface area (Å²) in [6.45, 7) is 3.86. The van der Waals surface area contributed by atoms with Crippen molar-refractivity contribution >= 4 is 5.91 Å². The molecule has 0 radical (unpaired) electrons. The molecule has 1 aliphatic carbocycles. The van der Waals surface area contributed by atoms with Crippen LogP contribution in [-0.4, -0.2) is 23.4 Å². The molecule has 0 aromatic heterocycles. The molecule has 4 rings (SSSR count). The highest BCUT2D eigenvalue weighted by Crippen LogP contribution is 2.29. The molecule has 130 valence electrons. The summed E-state index contributed by atoms with van der Waals surface area (Å²) in [5.74, 6) is 0.154. The lowest BCUT2D eigenvalue weighted by molar-refractivity contribution is -0.127. The molecule has 1 N–H and O–H groups in total. The summed E-state index contributed by atoms with van der Waals surface area (Å²) in [6, 6.07) is 17.2. The van der Waals surface area contributed by atoms with Gasteiger partial charge in [0.05, 0.1) is 12.1 Å². The minimum absolute atomic E-state index is 0.0950. The molecule has 2 aromatic carbocycles. The molecular weight excluding hydrogens is 308 g/mol. The SMILES string of the molecule is C[C@H](C(=O)N[C@@H]1CCCc2ccccc21)N1CCc2ccccc2C1. The number of nitrogens with zero attached hydrogens (tertiary/aromatic N) is 1. The van der Waals surface area contributed by atoms with Crippen molar-refractivity contribution in [3.8, 4) is 0 Å². The summed E-state index contributed by atoms with van der Waals surface area (Å²) in [5, 5.41) is 3.32. The normalized spacial score (nSPS) is 21.1. The van der Waals surface area contributed by atoms with Crippen LogP contribution in [0.3, 0.4) is 0 Å². The largest absolute Gasteiger partial charge is 0.348 e. The third-order valence-electron chi connectivity index (χ3n) is 5.77. The molecule has 0 unspecified atom stereocenters. The Kier molecular flexibility index (Phi) is 4.58. The number of benzene rings is 2. The number of nitrogens with one attached hydrogen (secondary N) is 1. The smallest absolute Gasteiger partial charge is 0.237 e. The first-order chi connectivity index (χ1) is 12.2. The zero-order chi connectivity index (χ0) is 17.2. The molecule has 2 aliphatic rings. The average Bonchev–Trinajstić information content (AvgIpc) is 2.67. The van der Waals surface area contributed by atoms with E-state index in [1.54, 1.807) is 0 Å². The molecule has 2 atom stereocenters. The Bertz CT molecular complexity index is 770. The van der Waals surface area contributed by atoms with E-state index in [0.29, 0.717) is 0 Å². The molecule has 25 heavy (non-hydrogen) atoms. The van der Waals surface area contributed by atoms with Gasteiger partial charge in [-0.3, -0.25) is 9.69 Å². The van der Waals surface area contributed by atoms with Gasteiger partial charge in [0.15, 0.2) is 0 Å². The van der Waals surface area contributed by atoms with Crippen LogP contribution in [0.15, 0.2) is 48.5 Å². The molecule has 1 amide bonds. The van der Waals surface area contributed by atoms with Crippen LogP contribution >= 0.6 is 0 Å². The predicted octanol–water partition coefficient (Wildman–Crippen LogP) is 3.63. The summed E-state index contributed by atoms with van der Waals surface area (Å²) < 4.78 is 0. The Balaban J connectivity index is 1.44. The summed E-state index contributed by atoms with van der Waals surface area (Å²) in [5.41, 5.74) is 5.47. The van der Waals surface area contributed by atoms with Gasteiger partial charge in [-0.25, -0.2) is 0 Å². The second-order valence-electron chi connectivity index (χ2n) is 7.32. The predicted molar refractivity (Wildman–Crippen MR) is 100 cm³/mol. The number of carbonyl (C=O) groups is 1. The maximum absolute atomic E-state index is 12.9. The van der Waals surface area contributed by atoms with Crippen molar-refractivity contribution < 1.29 is 4.79 Å². The van der Waals surface area contributed by atoms with Gasteiger partial charge in [-0.1, -0.05) is 48.5 Å². The zero-order valence-corrected chi connectivity index (χ0v) is 14.9. The Morgan fingerprint density at radius 3 is 2.60 bits per heavy atom. The monoisotopic (exact) mass is 334 g/mol. The van der Waals surface area contributed by atoms with E-state index in [9.17, 15) is 4.79 Å². The zero-order valence-electron chi connectivity index (χ0n) is 14.9. The molecule has 2 aromatic rings. The lowest BCUT2D eigenvalue weighted by Gasteiger charge is -2.34. The Hall–Kier alpha value is -2.13. The number of carbonyl (C=O) groups excluding carboxylic acids is 1. The minimum Gasteiger partial charge on any atom is -0.348 e. The van der Waals surface area contributed by atoms with Crippen LogP contribution in [0.4, 0.5) is 0 Å². The van der Waals surface area contributed by atoms with Crippen molar-refractivity contribution in [2.45, 2.75) is 51.2 Å². The topological polar surface area (TPSA) is 32.3 Å². The molecule has 1 aliphatic heterocycles. The lowest BCUT2D eigenvalue weighted by Crippen LogP contribution is -2.48. The van der Waals surface area contributed by atoms with Gasteiger partial charge in [-0.2, -0.15) is 0 Å². The fourth-order valence-corrected chi connectivity index (χ4v) is 4.21. The van der Waals surface area contributed by atoms with Crippen molar-refractivity contribution in [1.82, 2.24) is 10.2 Å². The summed E-state index contributed by atoms with van der Waals surface area (Å²) in [6.07, 6.45) is 4.34. The number of rotatable bonds is 3. The Morgan fingerprint density at radius 2 is 1.76 bits per heavy atom. The van der Waals surface area contributed by atoms with Crippen LogP contribution in [0.2, 0.25) is 0 Å². The number of hydrogen-bond acceptors (Lipinski definition) is 2. The van der Waals surface area contributed by atoms with Gasteiger partial charge >= 0.3 is 0 Å². The highest BCUT2D eigenvalue weighted by Gasteiger charge is 2.28. The minimum atomic E-state index is -0.0950. The van der Waals surface area contributed by atoms with E-state index in [1.165, 1.54) is 22.3 Å². The Morgan fingerprint density at radius 1 is 1.04 bits per heavy atom. The van der Waals surface area contributed by atoms with Gasteiger partial charge in [-0.05, 0) is 54.9 Å². The average molecular weight is 334 g/mol. The van der Waals surface area contributed by atoms with E-state index in [1.807, 2.05) is 6.92 Å². The first-order valence-electron chi connectivity index (χ1n) is 9.41. The van der Waals surface area contributed by atoms with Crippen LogP contribution in [0.1, 0.15) is 48.1 Å². The van der Waals surface area contributed by atoms with Gasteiger partial charge in [0.1, 0.15) is 0 Å². The maximum atomic E-state index is 12.9. The molecule has 1 heterocycles. The van der Waals surface area contributed by atoms with Crippen molar-refractivity contribution in [1.29, 1.82) is 0 Å². The molecule has 0 bridgehead atoms. The molecule has 3 heteroatoms. The highest BCUT2D eigenvalue weighted by molar-refractivity contribution is 5.82. The van der Waals surface area contributed by atoms with Gasteiger partial charge < -0.3 is 5.32 Å². The molecule has 0 saturated heterocycles. The first-order valence-corrected chi connectivity index (χ1v) is 9.41. The van der Waals surface area contributed by atoms with Crippen molar-refractivity contribution in [2.75, 3.05) is 6.54 Å². The van der Waals surface area contributed by atoms with E-state index in [-0.39, 0.29) is 18.0 Å². The fourth-order valence-electron chi connectivity index (χ4n) is 4.21. The lowest BCUT2D eigenvalue weighted by atomic mass is 9.87. The van der Waals surface area contributed by atoms with Crippen molar-refractivity contribution in [3.05, 3.63) is 70.8 Å².